The lowest BCUT2D eigenvalue weighted by Crippen LogP contribution is -1.99. The molecule has 0 aliphatic heterocycles. The van der Waals surface area contributed by atoms with Gasteiger partial charge in [-0.05, 0) is 13.8 Å². The minimum Gasteiger partial charge on any atom is -0.444 e. The fraction of sp³-hybridized carbons (Fsp3) is 0.500. The van der Waals surface area contributed by atoms with Gasteiger partial charge >= 0.3 is 0 Å². The van der Waals surface area contributed by atoms with Gasteiger partial charge in [0.25, 0.3) is 0 Å². The molecule has 2 aromatic rings. The number of nitrogens with zero attached hydrogens (tertiary/aromatic N) is 3. The lowest BCUT2D eigenvalue weighted by atomic mass is 10.4. The Morgan fingerprint density at radius 2 is 2.12 bits per heavy atom. The number of oxazole rings is 1. The number of hydrogen-bond acceptors (Lipinski definition) is 6. The monoisotopic (exact) mass is 238 g/mol. The Labute approximate surface area is 98.1 Å². The summed E-state index contributed by atoms with van der Waals surface area (Å²) in [5.41, 5.74) is 0.934. The molecule has 2 aromatic heterocycles. The molecule has 0 aromatic carbocycles. The molecule has 2 heterocycles. The number of anilines is 1. The van der Waals surface area contributed by atoms with Crippen molar-refractivity contribution in [3.63, 3.8) is 0 Å². The van der Waals surface area contributed by atoms with Crippen molar-refractivity contribution in [3.8, 4) is 0 Å². The molecule has 0 spiro atoms. The Bertz CT molecular complexity index is 457. The molecule has 5 nitrogen and oxygen atoms in total. The van der Waals surface area contributed by atoms with E-state index >= 15 is 0 Å². The first-order valence-corrected chi connectivity index (χ1v) is 5.95. The molecule has 0 atom stereocenters. The van der Waals surface area contributed by atoms with E-state index in [0.717, 1.165) is 28.8 Å². The van der Waals surface area contributed by atoms with Gasteiger partial charge in [-0.3, -0.25) is 0 Å². The fourth-order valence-electron chi connectivity index (χ4n) is 1.24. The van der Waals surface area contributed by atoms with Crippen molar-refractivity contribution in [2.45, 2.75) is 33.7 Å². The number of aromatic nitrogens is 3. The molecule has 2 rings (SSSR count). The molecular formula is C10H14N4OS. The Kier molecular flexibility index (Phi) is 3.19. The highest BCUT2D eigenvalue weighted by molar-refractivity contribution is 7.09. The predicted molar refractivity (Wildman–Crippen MR) is 62.6 cm³/mol. The van der Waals surface area contributed by atoms with Gasteiger partial charge in [0.15, 0.2) is 0 Å². The Balaban J connectivity index is 1.96. The second kappa shape index (κ2) is 4.61. The minimum atomic E-state index is 0.549. The topological polar surface area (TPSA) is 63.8 Å². The average Bonchev–Trinajstić information content (AvgIpc) is 2.84. The van der Waals surface area contributed by atoms with Gasteiger partial charge in [0, 0.05) is 18.0 Å². The zero-order valence-electron chi connectivity index (χ0n) is 9.57. The molecule has 0 saturated heterocycles. The van der Waals surface area contributed by atoms with E-state index in [-0.39, 0.29) is 0 Å². The van der Waals surface area contributed by atoms with Crippen LogP contribution in [-0.2, 0) is 13.0 Å². The van der Waals surface area contributed by atoms with Crippen LogP contribution in [-0.4, -0.2) is 14.3 Å². The molecule has 6 heteroatoms. The maximum Gasteiger partial charge on any atom is 0.214 e. The summed E-state index contributed by atoms with van der Waals surface area (Å²) < 4.78 is 9.64. The van der Waals surface area contributed by atoms with Crippen LogP contribution in [0.4, 0.5) is 5.13 Å². The van der Waals surface area contributed by atoms with Gasteiger partial charge in [0.1, 0.15) is 11.6 Å². The van der Waals surface area contributed by atoms with Crippen LogP contribution in [0.1, 0.15) is 30.1 Å². The van der Waals surface area contributed by atoms with E-state index in [1.807, 2.05) is 20.8 Å². The van der Waals surface area contributed by atoms with E-state index in [4.69, 9.17) is 4.42 Å². The highest BCUT2D eigenvalue weighted by atomic mass is 32.1. The quantitative estimate of drug-likeness (QED) is 0.885. The van der Waals surface area contributed by atoms with Crippen molar-refractivity contribution >= 4 is 16.7 Å². The average molecular weight is 238 g/mol. The van der Waals surface area contributed by atoms with Crippen molar-refractivity contribution in [2.24, 2.45) is 0 Å². The van der Waals surface area contributed by atoms with Crippen LogP contribution in [0.2, 0.25) is 0 Å². The maximum absolute atomic E-state index is 5.45. The molecule has 0 aliphatic carbocycles. The summed E-state index contributed by atoms with van der Waals surface area (Å²) in [5, 5.41) is 3.96. The molecule has 16 heavy (non-hydrogen) atoms. The molecule has 0 aliphatic rings. The Morgan fingerprint density at radius 3 is 2.69 bits per heavy atom. The fourth-order valence-corrected chi connectivity index (χ4v) is 1.88. The zero-order chi connectivity index (χ0) is 11.5. The molecule has 0 radical (unpaired) electrons. The Hall–Kier alpha value is -1.43. The maximum atomic E-state index is 5.45. The molecule has 0 fully saturated rings. The van der Waals surface area contributed by atoms with Crippen molar-refractivity contribution in [1.29, 1.82) is 0 Å². The molecule has 86 valence electrons. The van der Waals surface area contributed by atoms with Gasteiger partial charge < -0.3 is 9.73 Å². The van der Waals surface area contributed by atoms with Gasteiger partial charge in [0.2, 0.25) is 11.0 Å². The van der Waals surface area contributed by atoms with Crippen molar-refractivity contribution in [3.05, 3.63) is 23.2 Å². The third-order valence-electron chi connectivity index (χ3n) is 2.25. The lowest BCUT2D eigenvalue weighted by molar-refractivity contribution is 0.478. The Morgan fingerprint density at radius 1 is 1.31 bits per heavy atom. The predicted octanol–water partition coefficient (Wildman–Crippen LogP) is 2.32. The summed E-state index contributed by atoms with van der Waals surface area (Å²) in [7, 11) is 0. The first-order chi connectivity index (χ1) is 7.69. The number of rotatable bonds is 4. The van der Waals surface area contributed by atoms with Gasteiger partial charge in [-0.25, -0.2) is 9.97 Å². The van der Waals surface area contributed by atoms with Crippen molar-refractivity contribution in [2.75, 3.05) is 5.32 Å². The summed E-state index contributed by atoms with van der Waals surface area (Å²) in [6, 6.07) is 0. The highest BCUT2D eigenvalue weighted by Gasteiger charge is 2.06. The van der Waals surface area contributed by atoms with Gasteiger partial charge in [-0.1, -0.05) is 6.92 Å². The third kappa shape index (κ3) is 2.38. The zero-order valence-corrected chi connectivity index (χ0v) is 10.4. The van der Waals surface area contributed by atoms with E-state index in [9.17, 15) is 0 Å². The SMILES string of the molecule is CCc1nsc(NCc2nc(C)c(C)o2)n1. The molecule has 0 amide bonds. The van der Waals surface area contributed by atoms with E-state index in [1.165, 1.54) is 11.5 Å². The van der Waals surface area contributed by atoms with Crippen molar-refractivity contribution < 1.29 is 4.42 Å². The van der Waals surface area contributed by atoms with Crippen molar-refractivity contribution in [1.82, 2.24) is 14.3 Å². The van der Waals surface area contributed by atoms with Crippen LogP contribution in [0.3, 0.4) is 0 Å². The molecule has 0 saturated carbocycles. The smallest absolute Gasteiger partial charge is 0.214 e. The summed E-state index contributed by atoms with van der Waals surface area (Å²) in [6.07, 6.45) is 0.857. The van der Waals surface area contributed by atoms with Crippen LogP contribution < -0.4 is 5.32 Å². The van der Waals surface area contributed by atoms with Crippen LogP contribution in [0.25, 0.3) is 0 Å². The van der Waals surface area contributed by atoms with Crippen LogP contribution in [0.15, 0.2) is 4.42 Å². The number of nitrogens with one attached hydrogen (secondary N) is 1. The lowest BCUT2D eigenvalue weighted by Gasteiger charge is -1.96. The summed E-state index contributed by atoms with van der Waals surface area (Å²) >= 11 is 1.36. The third-order valence-corrected chi connectivity index (χ3v) is 2.96. The summed E-state index contributed by atoms with van der Waals surface area (Å²) in [5.74, 6) is 2.42. The molecular weight excluding hydrogens is 224 g/mol. The normalized spacial score (nSPS) is 10.7. The summed E-state index contributed by atoms with van der Waals surface area (Å²) in [4.78, 5) is 8.58. The van der Waals surface area contributed by atoms with Crippen LogP contribution in [0.5, 0.6) is 0 Å². The van der Waals surface area contributed by atoms with Crippen LogP contribution >= 0.6 is 11.5 Å². The van der Waals surface area contributed by atoms with E-state index in [1.54, 1.807) is 0 Å². The first-order valence-electron chi connectivity index (χ1n) is 5.18. The number of hydrogen-bond donors (Lipinski definition) is 1. The van der Waals surface area contributed by atoms with Gasteiger partial charge in [0.05, 0.1) is 12.2 Å². The first kappa shape index (κ1) is 11.1. The molecule has 1 N–H and O–H groups in total. The molecule has 0 unspecified atom stereocenters. The van der Waals surface area contributed by atoms with E-state index in [2.05, 4.69) is 19.7 Å². The van der Waals surface area contributed by atoms with Crippen LogP contribution in [0, 0.1) is 13.8 Å². The minimum absolute atomic E-state index is 0.549. The standard InChI is InChI=1S/C10H14N4OS/c1-4-8-13-10(16-14-8)11-5-9-12-6(2)7(3)15-9/h4-5H2,1-3H3,(H,11,13,14). The van der Waals surface area contributed by atoms with Gasteiger partial charge in [-0.2, -0.15) is 4.37 Å². The highest BCUT2D eigenvalue weighted by Crippen LogP contribution is 2.14. The van der Waals surface area contributed by atoms with E-state index in [0.29, 0.717) is 12.4 Å². The number of aryl methyl sites for hydroxylation is 3. The van der Waals surface area contributed by atoms with Gasteiger partial charge in [-0.15, -0.1) is 0 Å². The largest absolute Gasteiger partial charge is 0.444 e. The second-order valence-corrected chi connectivity index (χ2v) is 4.22. The molecule has 0 bridgehead atoms. The summed E-state index contributed by atoms with van der Waals surface area (Å²) in [6.45, 7) is 6.42. The second-order valence-electron chi connectivity index (χ2n) is 3.47. The van der Waals surface area contributed by atoms with E-state index < -0.39 is 0 Å².